The number of sulfone groups is 1. The summed E-state index contributed by atoms with van der Waals surface area (Å²) in [6, 6.07) is 15.6. The van der Waals surface area contributed by atoms with Crippen LogP contribution in [0.4, 0.5) is 26.4 Å². The number of nitrogens with one attached hydrogen (secondary N) is 1. The van der Waals surface area contributed by atoms with Gasteiger partial charge in [0.1, 0.15) is 17.7 Å². The van der Waals surface area contributed by atoms with Crippen LogP contribution in [0, 0.1) is 5.82 Å². The van der Waals surface area contributed by atoms with Gasteiger partial charge in [-0.05, 0) is 86.2 Å². The number of carboxylic acid groups (broad SMARTS) is 1. The fourth-order valence-electron chi connectivity index (χ4n) is 5.59. The minimum Gasteiger partial charge on any atom is -0.465 e. The third-order valence-corrected chi connectivity index (χ3v) is 10.3. The topological polar surface area (TPSA) is 146 Å². The quantitative estimate of drug-likeness (QED) is 0.225. The summed E-state index contributed by atoms with van der Waals surface area (Å²) in [5.74, 6) is -0.660. The van der Waals surface area contributed by atoms with Gasteiger partial charge in [0.25, 0.3) is 0 Å². The highest BCUT2D eigenvalue weighted by molar-refractivity contribution is 7.92. The Hall–Kier alpha value is -4.71. The Morgan fingerprint density at radius 3 is 2.57 bits per heavy atom. The Morgan fingerprint density at radius 2 is 1.86 bits per heavy atom. The standard InChI is InChI=1S/C32H34FN5O5S/c1-19(2)44(42,43)28-13-11-22(37(3)32(40)41)18-25(28)27-9-6-16-38(27)31(39)29(24-7-4-5-8-26(24)33)36-21-10-12-23-20(17-21)14-15-35-30(23)34/h4-5,7-8,10-15,17-19,27,29,36H,6,9,16H2,1-3H3,(H2,34,35)(H,40,41)/t27-,29-/m1/s1. The predicted molar refractivity (Wildman–Crippen MR) is 168 cm³/mol. The molecule has 0 bridgehead atoms. The van der Waals surface area contributed by atoms with Crippen molar-refractivity contribution in [3.63, 3.8) is 0 Å². The maximum Gasteiger partial charge on any atom is 0.411 e. The van der Waals surface area contributed by atoms with Gasteiger partial charge in [0, 0.05) is 42.1 Å². The summed E-state index contributed by atoms with van der Waals surface area (Å²) in [6.45, 7) is 3.44. The molecule has 0 spiro atoms. The molecule has 10 nitrogen and oxygen atoms in total. The van der Waals surface area contributed by atoms with Crippen LogP contribution >= 0.6 is 0 Å². The van der Waals surface area contributed by atoms with Gasteiger partial charge in [-0.3, -0.25) is 9.69 Å². The van der Waals surface area contributed by atoms with Crippen LogP contribution in [0.5, 0.6) is 0 Å². The number of carbonyl (C=O) groups is 2. The zero-order chi connectivity index (χ0) is 31.8. The molecule has 1 aliphatic heterocycles. The maximum atomic E-state index is 15.3. The molecule has 0 radical (unpaired) electrons. The smallest absolute Gasteiger partial charge is 0.411 e. The number of halogens is 1. The average molecular weight is 620 g/mol. The molecule has 0 unspecified atom stereocenters. The minimum atomic E-state index is -3.80. The minimum absolute atomic E-state index is 0.0378. The number of pyridine rings is 1. The van der Waals surface area contributed by atoms with E-state index < -0.39 is 45.0 Å². The normalized spacial score (nSPS) is 15.8. The maximum absolute atomic E-state index is 15.3. The predicted octanol–water partition coefficient (Wildman–Crippen LogP) is 5.77. The van der Waals surface area contributed by atoms with Gasteiger partial charge in [0.2, 0.25) is 5.91 Å². The van der Waals surface area contributed by atoms with Gasteiger partial charge in [-0.2, -0.15) is 0 Å². The van der Waals surface area contributed by atoms with E-state index in [4.69, 9.17) is 5.73 Å². The molecule has 230 valence electrons. The van der Waals surface area contributed by atoms with Crippen molar-refractivity contribution >= 4 is 49.8 Å². The molecular formula is C32H34FN5O5S. The van der Waals surface area contributed by atoms with Gasteiger partial charge in [-0.25, -0.2) is 22.6 Å². The molecule has 1 saturated heterocycles. The number of carbonyl (C=O) groups excluding carboxylic acids is 1. The second-order valence-corrected chi connectivity index (χ2v) is 13.6. The van der Waals surface area contributed by atoms with Crippen LogP contribution in [0.25, 0.3) is 10.8 Å². The third-order valence-electron chi connectivity index (χ3n) is 8.06. The first-order chi connectivity index (χ1) is 20.9. The number of hydrogen-bond acceptors (Lipinski definition) is 7. The Kier molecular flexibility index (Phi) is 8.46. The van der Waals surface area contributed by atoms with Crippen molar-refractivity contribution in [3.8, 4) is 0 Å². The van der Waals surface area contributed by atoms with Gasteiger partial charge in [0.05, 0.1) is 16.2 Å². The number of likely N-dealkylation sites (tertiary alicyclic amines) is 1. The molecule has 2 heterocycles. The lowest BCUT2D eigenvalue weighted by Gasteiger charge is -2.32. The van der Waals surface area contributed by atoms with Gasteiger partial charge in [-0.15, -0.1) is 0 Å². The van der Waals surface area contributed by atoms with Crippen molar-refractivity contribution in [2.24, 2.45) is 0 Å². The third kappa shape index (κ3) is 5.77. The molecule has 1 aliphatic rings. The fourth-order valence-corrected chi connectivity index (χ4v) is 6.88. The van der Waals surface area contributed by atoms with E-state index in [1.807, 2.05) is 0 Å². The lowest BCUT2D eigenvalue weighted by Crippen LogP contribution is -2.38. The van der Waals surface area contributed by atoms with Crippen molar-refractivity contribution in [2.45, 2.75) is 48.9 Å². The van der Waals surface area contributed by atoms with E-state index in [1.165, 1.54) is 37.4 Å². The van der Waals surface area contributed by atoms with Crippen LogP contribution < -0.4 is 16.0 Å². The fraction of sp³-hybridized carbons (Fsp3) is 0.281. The Bertz CT molecular complexity index is 1850. The summed E-state index contributed by atoms with van der Waals surface area (Å²) in [5.41, 5.74) is 7.28. The second kappa shape index (κ2) is 12.1. The number of benzene rings is 3. The van der Waals surface area contributed by atoms with Crippen LogP contribution in [0.3, 0.4) is 0 Å². The Balaban J connectivity index is 1.59. The number of rotatable bonds is 8. The first kappa shape index (κ1) is 30.7. The molecule has 2 amide bonds. The van der Waals surface area contributed by atoms with Gasteiger partial charge in [0.15, 0.2) is 9.84 Å². The largest absolute Gasteiger partial charge is 0.465 e. The summed E-state index contributed by atoms with van der Waals surface area (Å²) >= 11 is 0. The summed E-state index contributed by atoms with van der Waals surface area (Å²) in [5, 5.41) is 13.6. The van der Waals surface area contributed by atoms with E-state index in [2.05, 4.69) is 10.3 Å². The molecule has 5 rings (SSSR count). The van der Waals surface area contributed by atoms with Crippen molar-refractivity contribution in [3.05, 3.63) is 89.9 Å². The first-order valence-electron chi connectivity index (χ1n) is 14.2. The van der Waals surface area contributed by atoms with E-state index >= 15 is 4.39 Å². The molecule has 4 aromatic rings. The molecule has 4 N–H and O–H groups in total. The second-order valence-electron chi connectivity index (χ2n) is 11.1. The summed E-state index contributed by atoms with van der Waals surface area (Å²) in [7, 11) is -2.44. The van der Waals surface area contributed by atoms with Crippen LogP contribution in [0.2, 0.25) is 0 Å². The van der Waals surface area contributed by atoms with E-state index in [0.29, 0.717) is 36.5 Å². The molecule has 44 heavy (non-hydrogen) atoms. The zero-order valence-corrected chi connectivity index (χ0v) is 25.4. The van der Waals surface area contributed by atoms with Gasteiger partial charge < -0.3 is 21.1 Å². The number of nitrogens with zero attached hydrogens (tertiary/aromatic N) is 3. The number of aromatic nitrogens is 1. The first-order valence-corrected chi connectivity index (χ1v) is 15.7. The number of nitrogens with two attached hydrogens (primary N) is 1. The van der Waals surface area contributed by atoms with E-state index in [-0.39, 0.29) is 16.1 Å². The van der Waals surface area contributed by atoms with Gasteiger partial charge in [-0.1, -0.05) is 18.2 Å². The van der Waals surface area contributed by atoms with E-state index in [9.17, 15) is 23.1 Å². The van der Waals surface area contributed by atoms with Crippen molar-refractivity contribution in [1.29, 1.82) is 0 Å². The molecule has 3 aromatic carbocycles. The molecule has 1 fully saturated rings. The van der Waals surface area contributed by atoms with Crippen molar-refractivity contribution in [1.82, 2.24) is 9.88 Å². The molecule has 12 heteroatoms. The van der Waals surface area contributed by atoms with E-state index in [0.717, 1.165) is 15.7 Å². The number of fused-ring (bicyclic) bond motifs is 1. The summed E-state index contributed by atoms with van der Waals surface area (Å²) in [4.78, 5) is 32.9. The van der Waals surface area contributed by atoms with Crippen molar-refractivity contribution in [2.75, 3.05) is 29.5 Å². The number of hydrogen-bond donors (Lipinski definition) is 3. The van der Waals surface area contributed by atoms with Crippen LogP contribution in [-0.4, -0.2) is 54.3 Å². The Labute approximate surface area is 255 Å². The highest BCUT2D eigenvalue weighted by atomic mass is 32.2. The molecule has 0 saturated carbocycles. The highest BCUT2D eigenvalue weighted by Gasteiger charge is 2.39. The summed E-state index contributed by atoms with van der Waals surface area (Å²) in [6.07, 6.45) is 1.38. The van der Waals surface area contributed by atoms with Crippen molar-refractivity contribution < 1.29 is 27.5 Å². The average Bonchev–Trinajstić information content (AvgIpc) is 3.49. The van der Waals surface area contributed by atoms with Gasteiger partial charge >= 0.3 is 6.09 Å². The monoisotopic (exact) mass is 619 g/mol. The molecule has 2 atom stereocenters. The van der Waals surface area contributed by atoms with E-state index in [1.54, 1.807) is 61.3 Å². The molecule has 0 aliphatic carbocycles. The lowest BCUT2D eigenvalue weighted by atomic mass is 10.00. The van der Waals surface area contributed by atoms with Crippen LogP contribution in [0.1, 0.15) is 49.9 Å². The lowest BCUT2D eigenvalue weighted by molar-refractivity contribution is -0.133. The Morgan fingerprint density at radius 1 is 1.11 bits per heavy atom. The zero-order valence-electron chi connectivity index (χ0n) is 24.6. The number of amides is 2. The SMILES string of the molecule is CC(C)S(=O)(=O)c1ccc(N(C)C(=O)O)cc1[C@H]1CCCN1C(=O)[C@H](Nc1ccc2c(N)nccc2c1)c1ccccc1F. The molecular weight excluding hydrogens is 585 g/mol. The summed E-state index contributed by atoms with van der Waals surface area (Å²) < 4.78 is 42.2. The van der Waals surface area contributed by atoms with Crippen LogP contribution in [-0.2, 0) is 14.6 Å². The highest BCUT2D eigenvalue weighted by Crippen LogP contribution is 2.40. The number of anilines is 3. The molecule has 1 aromatic heterocycles. The number of nitrogen functional groups attached to an aromatic ring is 1. The van der Waals surface area contributed by atoms with Crippen LogP contribution in [0.15, 0.2) is 77.8 Å².